The average Bonchev–Trinajstić information content (AvgIpc) is 3.21. The van der Waals surface area contributed by atoms with Crippen LogP contribution in [0, 0.1) is 27.7 Å². The average molecular weight is 461 g/mol. The van der Waals surface area contributed by atoms with Crippen LogP contribution in [0.15, 0.2) is 97.1 Å². The molecule has 0 bridgehead atoms. The Balaban J connectivity index is 1.75. The van der Waals surface area contributed by atoms with Crippen molar-refractivity contribution in [3.05, 3.63) is 119 Å². The summed E-state index contributed by atoms with van der Waals surface area (Å²) >= 11 is 0. The van der Waals surface area contributed by atoms with Gasteiger partial charge in [0.05, 0.1) is 0 Å². The SMILES string of the molecule is Cc1ccc(-c2c3c(c(-c4ccc(C)cc4)c4cc(C)ccc24)-c2cccc4c(C)ccc-3c24)cc1. The first-order chi connectivity index (χ1) is 17.5. The molecule has 0 atom stereocenters. The summed E-state index contributed by atoms with van der Waals surface area (Å²) in [4.78, 5) is 0. The summed E-state index contributed by atoms with van der Waals surface area (Å²) in [5.41, 5.74) is 15.9. The maximum Gasteiger partial charge on any atom is -0.000741 e. The summed E-state index contributed by atoms with van der Waals surface area (Å²) < 4.78 is 0. The molecule has 7 rings (SSSR count). The smallest absolute Gasteiger partial charge is 0.000741 e. The van der Waals surface area contributed by atoms with Crippen LogP contribution < -0.4 is 0 Å². The molecular formula is C36H28. The van der Waals surface area contributed by atoms with E-state index in [1.54, 1.807) is 0 Å². The van der Waals surface area contributed by atoms with Crippen LogP contribution in [-0.4, -0.2) is 0 Å². The van der Waals surface area contributed by atoms with Gasteiger partial charge in [-0.05, 0) is 99.3 Å². The Morgan fingerprint density at radius 1 is 0.389 bits per heavy atom. The first kappa shape index (κ1) is 21.1. The standard InChI is InChI=1S/C36H28/c1-21-8-14-25(15-9-21)32-28-18-12-23(3)20-31(28)33(26-16-10-22(2)11-17-26)35-29-7-5-6-27-24(4)13-19-30(34(27)29)36(32)35/h5-20H,1-4H3. The van der Waals surface area contributed by atoms with Gasteiger partial charge in [-0.25, -0.2) is 0 Å². The number of rotatable bonds is 2. The maximum atomic E-state index is 2.39. The molecule has 0 aromatic heterocycles. The molecule has 1 aliphatic carbocycles. The second kappa shape index (κ2) is 7.67. The predicted octanol–water partition coefficient (Wildman–Crippen LogP) is 10.2. The quantitative estimate of drug-likeness (QED) is 0.241. The van der Waals surface area contributed by atoms with Gasteiger partial charge in [-0.15, -0.1) is 0 Å². The van der Waals surface area contributed by atoms with E-state index in [4.69, 9.17) is 0 Å². The topological polar surface area (TPSA) is 0 Å². The van der Waals surface area contributed by atoms with Gasteiger partial charge in [0.15, 0.2) is 0 Å². The van der Waals surface area contributed by atoms with E-state index in [0.717, 1.165) is 0 Å². The maximum absolute atomic E-state index is 2.39. The fraction of sp³-hybridized carbons (Fsp3) is 0.111. The number of benzene rings is 6. The summed E-state index contributed by atoms with van der Waals surface area (Å²) in [6.07, 6.45) is 0. The lowest BCUT2D eigenvalue weighted by Gasteiger charge is -2.21. The summed E-state index contributed by atoms with van der Waals surface area (Å²) in [6.45, 7) is 8.76. The van der Waals surface area contributed by atoms with Crippen molar-refractivity contribution >= 4 is 21.5 Å². The van der Waals surface area contributed by atoms with Crippen molar-refractivity contribution in [2.45, 2.75) is 27.7 Å². The van der Waals surface area contributed by atoms with Crippen molar-refractivity contribution in [2.24, 2.45) is 0 Å². The van der Waals surface area contributed by atoms with Gasteiger partial charge in [-0.3, -0.25) is 0 Å². The molecule has 172 valence electrons. The summed E-state index contributed by atoms with van der Waals surface area (Å²) in [5.74, 6) is 0. The van der Waals surface area contributed by atoms with Gasteiger partial charge in [0, 0.05) is 0 Å². The van der Waals surface area contributed by atoms with Gasteiger partial charge in [-0.1, -0.05) is 114 Å². The zero-order valence-electron chi connectivity index (χ0n) is 21.2. The molecule has 0 fully saturated rings. The Bertz CT molecular complexity index is 1830. The third kappa shape index (κ3) is 2.94. The molecule has 0 nitrogen and oxygen atoms in total. The van der Waals surface area contributed by atoms with E-state index in [-0.39, 0.29) is 0 Å². The van der Waals surface area contributed by atoms with Crippen molar-refractivity contribution in [1.29, 1.82) is 0 Å². The van der Waals surface area contributed by atoms with Crippen molar-refractivity contribution in [3.8, 4) is 44.5 Å². The highest BCUT2D eigenvalue weighted by Gasteiger charge is 2.30. The number of hydrogen-bond donors (Lipinski definition) is 0. The molecule has 36 heavy (non-hydrogen) atoms. The number of hydrogen-bond acceptors (Lipinski definition) is 0. The first-order valence-corrected chi connectivity index (χ1v) is 12.8. The minimum atomic E-state index is 1.28. The second-order valence-electron chi connectivity index (χ2n) is 10.4. The number of aryl methyl sites for hydroxylation is 4. The molecule has 0 unspecified atom stereocenters. The predicted molar refractivity (Wildman–Crippen MR) is 156 cm³/mol. The Hall–Kier alpha value is -4.16. The molecule has 0 N–H and O–H groups in total. The highest BCUT2D eigenvalue weighted by Crippen LogP contribution is 2.57. The van der Waals surface area contributed by atoms with Crippen LogP contribution in [0.2, 0.25) is 0 Å². The van der Waals surface area contributed by atoms with Gasteiger partial charge >= 0.3 is 0 Å². The van der Waals surface area contributed by atoms with Gasteiger partial charge in [0.25, 0.3) is 0 Å². The first-order valence-electron chi connectivity index (χ1n) is 12.8. The lowest BCUT2D eigenvalue weighted by molar-refractivity contribution is 1.46. The summed E-state index contributed by atoms with van der Waals surface area (Å²) in [6, 6.07) is 36.6. The molecule has 0 heterocycles. The molecule has 0 radical (unpaired) electrons. The van der Waals surface area contributed by atoms with Gasteiger partial charge in [0.2, 0.25) is 0 Å². The fourth-order valence-corrected chi connectivity index (χ4v) is 6.15. The van der Waals surface area contributed by atoms with E-state index < -0.39 is 0 Å². The lowest BCUT2D eigenvalue weighted by Crippen LogP contribution is -1.94. The van der Waals surface area contributed by atoms with Crippen molar-refractivity contribution in [2.75, 3.05) is 0 Å². The Kier molecular flexibility index (Phi) is 4.51. The van der Waals surface area contributed by atoms with Crippen molar-refractivity contribution in [3.63, 3.8) is 0 Å². The second-order valence-corrected chi connectivity index (χ2v) is 10.4. The molecule has 0 saturated carbocycles. The lowest BCUT2D eigenvalue weighted by atomic mass is 9.82. The van der Waals surface area contributed by atoms with Gasteiger partial charge in [-0.2, -0.15) is 0 Å². The van der Waals surface area contributed by atoms with E-state index >= 15 is 0 Å². The Labute approximate surface area is 212 Å². The van der Waals surface area contributed by atoms with Crippen LogP contribution in [0.4, 0.5) is 0 Å². The Morgan fingerprint density at radius 2 is 0.944 bits per heavy atom. The molecule has 0 saturated heterocycles. The minimum Gasteiger partial charge on any atom is -0.0610 e. The normalized spacial score (nSPS) is 11.9. The summed E-state index contributed by atoms with van der Waals surface area (Å²) in [5, 5.41) is 5.39. The van der Waals surface area contributed by atoms with Crippen LogP contribution in [0.1, 0.15) is 22.3 Å². The zero-order chi connectivity index (χ0) is 24.6. The highest BCUT2D eigenvalue weighted by atomic mass is 14.3. The minimum absolute atomic E-state index is 1.28. The van der Waals surface area contributed by atoms with Crippen LogP contribution in [0.25, 0.3) is 66.1 Å². The van der Waals surface area contributed by atoms with E-state index in [1.165, 1.54) is 88.3 Å². The van der Waals surface area contributed by atoms with Crippen LogP contribution in [0.3, 0.4) is 0 Å². The third-order valence-corrected chi connectivity index (χ3v) is 7.94. The van der Waals surface area contributed by atoms with Crippen LogP contribution >= 0.6 is 0 Å². The van der Waals surface area contributed by atoms with E-state index in [2.05, 4.69) is 125 Å². The van der Waals surface area contributed by atoms with E-state index in [1.807, 2.05) is 0 Å². The third-order valence-electron chi connectivity index (χ3n) is 7.94. The molecule has 0 heteroatoms. The molecule has 0 aliphatic heterocycles. The molecule has 1 aliphatic rings. The fourth-order valence-electron chi connectivity index (χ4n) is 6.15. The highest BCUT2D eigenvalue weighted by molar-refractivity contribution is 6.27. The van der Waals surface area contributed by atoms with Crippen molar-refractivity contribution < 1.29 is 0 Å². The van der Waals surface area contributed by atoms with E-state index in [0.29, 0.717) is 0 Å². The zero-order valence-corrected chi connectivity index (χ0v) is 21.2. The van der Waals surface area contributed by atoms with Crippen molar-refractivity contribution in [1.82, 2.24) is 0 Å². The van der Waals surface area contributed by atoms with E-state index in [9.17, 15) is 0 Å². The largest absolute Gasteiger partial charge is 0.0610 e. The summed E-state index contributed by atoms with van der Waals surface area (Å²) in [7, 11) is 0. The van der Waals surface area contributed by atoms with Crippen LogP contribution in [-0.2, 0) is 0 Å². The monoisotopic (exact) mass is 460 g/mol. The van der Waals surface area contributed by atoms with Crippen LogP contribution in [0.5, 0.6) is 0 Å². The molecule has 0 amide bonds. The molecule has 6 aromatic carbocycles. The van der Waals surface area contributed by atoms with Gasteiger partial charge < -0.3 is 0 Å². The Morgan fingerprint density at radius 3 is 1.58 bits per heavy atom. The molecular weight excluding hydrogens is 432 g/mol. The number of fused-ring (bicyclic) bond motifs is 4. The molecule has 6 aromatic rings. The van der Waals surface area contributed by atoms with Gasteiger partial charge in [0.1, 0.15) is 0 Å². The molecule has 0 spiro atoms.